The standard InChI is InChI=1S/C18H33N9O4/c19-6-2-1-4-12(20)15(28)27-14(8-11-9-23-10-25-11)16(29)26-13(17(30)31)5-3-7-24-18(21)22/h9-10,12-14H,1-8,19-20H2,(H,23,25)(H,26,29)(H,27,28)(H,30,31)(H4,21,22,24)/t12-,13-,14-/m0/s1. The van der Waals surface area contributed by atoms with Gasteiger partial charge in [-0.25, -0.2) is 9.78 Å². The molecule has 3 atom stereocenters. The molecule has 0 unspecified atom stereocenters. The van der Waals surface area contributed by atoms with Crippen molar-refractivity contribution in [2.75, 3.05) is 13.1 Å². The van der Waals surface area contributed by atoms with E-state index in [0.717, 1.165) is 6.42 Å². The van der Waals surface area contributed by atoms with Crippen molar-refractivity contribution in [1.82, 2.24) is 20.6 Å². The molecule has 0 saturated carbocycles. The van der Waals surface area contributed by atoms with Gasteiger partial charge in [-0.3, -0.25) is 14.6 Å². The highest BCUT2D eigenvalue weighted by molar-refractivity contribution is 5.91. The number of aromatic nitrogens is 2. The lowest BCUT2D eigenvalue weighted by molar-refractivity contribution is -0.142. The van der Waals surface area contributed by atoms with E-state index in [1.54, 1.807) is 0 Å². The number of imidazole rings is 1. The van der Waals surface area contributed by atoms with Gasteiger partial charge in [-0.15, -0.1) is 0 Å². The summed E-state index contributed by atoms with van der Waals surface area (Å²) in [5, 5.41) is 14.5. The Kier molecular flexibility index (Phi) is 11.6. The molecule has 13 nitrogen and oxygen atoms in total. The summed E-state index contributed by atoms with van der Waals surface area (Å²) in [6.07, 6.45) is 5.34. The lowest BCUT2D eigenvalue weighted by atomic mass is 10.1. The highest BCUT2D eigenvalue weighted by Gasteiger charge is 2.28. The zero-order valence-corrected chi connectivity index (χ0v) is 17.4. The van der Waals surface area contributed by atoms with Crippen molar-refractivity contribution >= 4 is 23.7 Å². The first-order valence-electron chi connectivity index (χ1n) is 10.1. The number of nitrogens with two attached hydrogens (primary N) is 4. The Bertz CT molecular complexity index is 720. The van der Waals surface area contributed by atoms with Crippen LogP contribution in [0.5, 0.6) is 0 Å². The molecule has 1 rings (SSSR count). The van der Waals surface area contributed by atoms with E-state index in [2.05, 4.69) is 25.6 Å². The van der Waals surface area contributed by atoms with Crippen LogP contribution in [0.25, 0.3) is 0 Å². The number of hydrogen-bond donors (Lipinski definition) is 8. The minimum Gasteiger partial charge on any atom is -0.480 e. The molecule has 13 heteroatoms. The van der Waals surface area contributed by atoms with Crippen molar-refractivity contribution in [3.8, 4) is 0 Å². The Morgan fingerprint density at radius 1 is 1.10 bits per heavy atom. The SMILES string of the molecule is NCCCC[C@H](N)C(=O)N[C@@H](Cc1cnc[nH]1)C(=O)N[C@@H](CCCN=C(N)N)C(=O)O. The van der Waals surface area contributed by atoms with Crippen LogP contribution in [0.4, 0.5) is 0 Å². The molecule has 0 saturated heterocycles. The van der Waals surface area contributed by atoms with E-state index in [-0.39, 0.29) is 25.3 Å². The first kappa shape index (κ1) is 25.8. The number of carbonyl (C=O) groups excluding carboxylic acids is 2. The van der Waals surface area contributed by atoms with Gasteiger partial charge < -0.3 is 43.7 Å². The van der Waals surface area contributed by atoms with Gasteiger partial charge in [0, 0.05) is 24.9 Å². The summed E-state index contributed by atoms with van der Waals surface area (Å²) in [4.78, 5) is 47.3. The van der Waals surface area contributed by atoms with E-state index in [1.807, 2.05) is 0 Å². The second-order valence-corrected chi connectivity index (χ2v) is 7.08. The van der Waals surface area contributed by atoms with E-state index in [4.69, 9.17) is 22.9 Å². The van der Waals surface area contributed by atoms with Gasteiger partial charge in [-0.1, -0.05) is 6.42 Å². The van der Waals surface area contributed by atoms with Crippen LogP contribution in [-0.2, 0) is 20.8 Å². The number of unbranched alkanes of at least 4 members (excludes halogenated alkanes) is 1. The van der Waals surface area contributed by atoms with Crippen LogP contribution in [0.2, 0.25) is 0 Å². The van der Waals surface area contributed by atoms with Crippen molar-refractivity contribution in [3.63, 3.8) is 0 Å². The van der Waals surface area contributed by atoms with Crippen LogP contribution in [0.1, 0.15) is 37.8 Å². The molecule has 0 radical (unpaired) electrons. The summed E-state index contributed by atoms with van der Waals surface area (Å²) >= 11 is 0. The summed E-state index contributed by atoms with van der Waals surface area (Å²) in [6.45, 7) is 0.729. The van der Waals surface area contributed by atoms with Gasteiger partial charge in [0.15, 0.2) is 5.96 Å². The summed E-state index contributed by atoms with van der Waals surface area (Å²) in [6, 6.07) is -3.01. The van der Waals surface area contributed by atoms with Crippen LogP contribution < -0.4 is 33.6 Å². The largest absolute Gasteiger partial charge is 0.480 e. The maximum atomic E-state index is 12.8. The highest BCUT2D eigenvalue weighted by Crippen LogP contribution is 2.05. The average molecular weight is 440 g/mol. The third-order valence-corrected chi connectivity index (χ3v) is 4.48. The topological polar surface area (TPSA) is 241 Å². The number of hydrogen-bond acceptors (Lipinski definition) is 7. The van der Waals surface area contributed by atoms with E-state index in [0.29, 0.717) is 31.5 Å². The number of amides is 2. The molecule has 1 aromatic rings. The van der Waals surface area contributed by atoms with E-state index in [1.165, 1.54) is 12.5 Å². The third kappa shape index (κ3) is 10.4. The number of H-pyrrole nitrogens is 1. The summed E-state index contributed by atoms with van der Waals surface area (Å²) in [7, 11) is 0. The number of nitrogens with zero attached hydrogens (tertiary/aromatic N) is 2. The minimum absolute atomic E-state index is 0.0907. The van der Waals surface area contributed by atoms with Gasteiger partial charge in [0.25, 0.3) is 0 Å². The number of aromatic amines is 1. The smallest absolute Gasteiger partial charge is 0.326 e. The van der Waals surface area contributed by atoms with Gasteiger partial charge in [0.1, 0.15) is 12.1 Å². The summed E-state index contributed by atoms with van der Waals surface area (Å²) < 4.78 is 0. The van der Waals surface area contributed by atoms with Crippen molar-refractivity contribution in [2.45, 2.75) is 56.7 Å². The molecule has 0 spiro atoms. The number of carboxylic acids is 1. The van der Waals surface area contributed by atoms with Gasteiger partial charge in [0.2, 0.25) is 11.8 Å². The zero-order chi connectivity index (χ0) is 23.2. The monoisotopic (exact) mass is 439 g/mol. The molecule has 12 N–H and O–H groups in total. The van der Waals surface area contributed by atoms with Gasteiger partial charge in [-0.2, -0.15) is 0 Å². The molecule has 0 bridgehead atoms. The number of rotatable bonds is 15. The van der Waals surface area contributed by atoms with Crippen LogP contribution in [0.15, 0.2) is 17.5 Å². The molecule has 0 aliphatic rings. The quantitative estimate of drug-likeness (QED) is 0.0817. The molecule has 0 aromatic carbocycles. The van der Waals surface area contributed by atoms with Gasteiger partial charge >= 0.3 is 5.97 Å². The number of carboxylic acid groups (broad SMARTS) is 1. The number of nitrogens with one attached hydrogen (secondary N) is 3. The molecule has 0 aliphatic carbocycles. The third-order valence-electron chi connectivity index (χ3n) is 4.48. The van der Waals surface area contributed by atoms with E-state index in [9.17, 15) is 19.5 Å². The fraction of sp³-hybridized carbons (Fsp3) is 0.611. The molecule has 0 aliphatic heterocycles. The Balaban J connectivity index is 2.78. The number of guanidine groups is 1. The number of carbonyl (C=O) groups is 3. The second-order valence-electron chi connectivity index (χ2n) is 7.08. The van der Waals surface area contributed by atoms with Crippen molar-refractivity contribution in [1.29, 1.82) is 0 Å². The molecular formula is C18H33N9O4. The first-order valence-corrected chi connectivity index (χ1v) is 10.1. The number of aliphatic imine (C=N–C) groups is 1. The first-order chi connectivity index (χ1) is 14.7. The fourth-order valence-electron chi connectivity index (χ4n) is 2.78. The van der Waals surface area contributed by atoms with Gasteiger partial charge in [-0.05, 0) is 32.2 Å². The molecule has 2 amide bonds. The summed E-state index contributed by atoms with van der Waals surface area (Å²) in [5.41, 5.74) is 22.4. The van der Waals surface area contributed by atoms with E-state index < -0.39 is 35.9 Å². The molecule has 1 heterocycles. The Morgan fingerprint density at radius 3 is 2.39 bits per heavy atom. The van der Waals surface area contributed by atoms with Crippen LogP contribution in [0.3, 0.4) is 0 Å². The van der Waals surface area contributed by atoms with Crippen LogP contribution in [0, 0.1) is 0 Å². The second kappa shape index (κ2) is 13.9. The Labute approximate surface area is 180 Å². The normalized spacial score (nSPS) is 13.6. The highest BCUT2D eigenvalue weighted by atomic mass is 16.4. The predicted molar refractivity (Wildman–Crippen MR) is 115 cm³/mol. The minimum atomic E-state index is -1.21. The fourth-order valence-corrected chi connectivity index (χ4v) is 2.78. The lowest BCUT2D eigenvalue weighted by Crippen LogP contribution is -2.55. The van der Waals surface area contributed by atoms with Gasteiger partial charge in [0.05, 0.1) is 12.4 Å². The maximum absolute atomic E-state index is 12.8. The molecule has 0 fully saturated rings. The van der Waals surface area contributed by atoms with Crippen LogP contribution in [-0.4, -0.2) is 70.0 Å². The molecule has 31 heavy (non-hydrogen) atoms. The lowest BCUT2D eigenvalue weighted by Gasteiger charge is -2.22. The van der Waals surface area contributed by atoms with Crippen LogP contribution >= 0.6 is 0 Å². The number of aliphatic carboxylic acids is 1. The van der Waals surface area contributed by atoms with Crippen molar-refractivity contribution in [3.05, 3.63) is 18.2 Å². The van der Waals surface area contributed by atoms with Crippen molar-refractivity contribution < 1.29 is 19.5 Å². The zero-order valence-electron chi connectivity index (χ0n) is 17.4. The van der Waals surface area contributed by atoms with E-state index >= 15 is 0 Å². The summed E-state index contributed by atoms with van der Waals surface area (Å²) in [5.74, 6) is -2.45. The Hall–Kier alpha value is -3.19. The maximum Gasteiger partial charge on any atom is 0.326 e. The Morgan fingerprint density at radius 2 is 1.81 bits per heavy atom. The average Bonchev–Trinajstić information content (AvgIpc) is 3.22. The predicted octanol–water partition coefficient (Wildman–Crippen LogP) is -2.48. The molecule has 174 valence electrons. The van der Waals surface area contributed by atoms with Crippen molar-refractivity contribution in [2.24, 2.45) is 27.9 Å². The molecular weight excluding hydrogens is 406 g/mol. The molecule has 1 aromatic heterocycles.